The lowest BCUT2D eigenvalue weighted by molar-refractivity contribution is 0.546. The number of nitrogens with zero attached hydrogens (tertiary/aromatic N) is 1. The minimum Gasteiger partial charge on any atom is -0.460 e. The Bertz CT molecular complexity index is 919. The number of rotatable bonds is 3. The molecule has 0 aliphatic carbocycles. The van der Waals surface area contributed by atoms with Gasteiger partial charge < -0.3 is 4.42 Å². The van der Waals surface area contributed by atoms with Crippen LogP contribution in [-0.2, 0) is 6.42 Å². The van der Waals surface area contributed by atoms with Crippen LogP contribution in [0.1, 0.15) is 16.9 Å². The summed E-state index contributed by atoms with van der Waals surface area (Å²) in [4.78, 5) is 0. The zero-order chi connectivity index (χ0) is 14.9. The zero-order valence-electron chi connectivity index (χ0n) is 12.3. The summed E-state index contributed by atoms with van der Waals surface area (Å²) in [5, 5.41) is 8.71. The molecule has 22 heavy (non-hydrogen) atoms. The fourth-order valence-corrected chi connectivity index (χ4v) is 2.85. The Hall–Kier alpha value is -2.81. The van der Waals surface area contributed by atoms with Crippen molar-refractivity contribution in [3.05, 3.63) is 77.6 Å². The maximum absolute atomic E-state index is 5.76. The Morgan fingerprint density at radius 2 is 1.82 bits per heavy atom. The van der Waals surface area contributed by atoms with E-state index in [1.54, 1.807) is 0 Å². The van der Waals surface area contributed by atoms with Crippen molar-refractivity contribution in [1.29, 1.82) is 0 Å². The summed E-state index contributed by atoms with van der Waals surface area (Å²) >= 11 is 0. The maximum atomic E-state index is 5.76. The van der Waals surface area contributed by atoms with Crippen molar-refractivity contribution in [3.63, 3.8) is 0 Å². The van der Waals surface area contributed by atoms with Gasteiger partial charge in [-0.1, -0.05) is 42.5 Å². The molecule has 2 aromatic carbocycles. The van der Waals surface area contributed by atoms with Gasteiger partial charge in [-0.05, 0) is 42.7 Å². The van der Waals surface area contributed by atoms with Crippen LogP contribution in [0.5, 0.6) is 0 Å². The van der Waals surface area contributed by atoms with Gasteiger partial charge in [0.25, 0.3) is 0 Å². The van der Waals surface area contributed by atoms with Crippen molar-refractivity contribution in [2.45, 2.75) is 13.3 Å². The molecule has 0 fully saturated rings. The molecule has 0 saturated heterocycles. The summed E-state index contributed by atoms with van der Waals surface area (Å²) < 4.78 is 5.76. The van der Waals surface area contributed by atoms with E-state index in [0.717, 1.165) is 34.5 Å². The molecule has 0 atom stereocenters. The Morgan fingerprint density at radius 1 is 0.955 bits per heavy atom. The lowest BCUT2D eigenvalue weighted by Crippen LogP contribution is -1.89. The summed E-state index contributed by atoms with van der Waals surface area (Å²) in [6, 6.07) is 20.7. The standard InChI is InChI=1S/C19H16N2O/c1-13-10-11-17(22-13)19-18-15(8-5-9-16(18)20-21-19)12-14-6-3-2-4-7-14/h2-11H,12H2,1H3,(H,20,21). The van der Waals surface area contributed by atoms with Crippen molar-refractivity contribution >= 4 is 10.9 Å². The molecule has 0 bridgehead atoms. The van der Waals surface area contributed by atoms with Gasteiger partial charge in [-0.15, -0.1) is 0 Å². The number of aryl methyl sites for hydroxylation is 1. The Balaban J connectivity index is 1.86. The number of aromatic amines is 1. The van der Waals surface area contributed by atoms with Gasteiger partial charge in [0.2, 0.25) is 0 Å². The molecule has 4 aromatic rings. The van der Waals surface area contributed by atoms with Gasteiger partial charge in [0.1, 0.15) is 11.5 Å². The summed E-state index contributed by atoms with van der Waals surface area (Å²) in [5.41, 5.74) is 4.46. The molecule has 3 nitrogen and oxygen atoms in total. The van der Waals surface area contributed by atoms with Crippen LogP contribution in [0, 0.1) is 6.92 Å². The van der Waals surface area contributed by atoms with Crippen molar-refractivity contribution in [3.8, 4) is 11.5 Å². The quantitative estimate of drug-likeness (QED) is 0.592. The van der Waals surface area contributed by atoms with E-state index in [2.05, 4.69) is 52.7 Å². The highest BCUT2D eigenvalue weighted by Gasteiger charge is 2.14. The van der Waals surface area contributed by atoms with E-state index in [-0.39, 0.29) is 0 Å². The SMILES string of the molecule is Cc1ccc(-c2n[nH]c3cccc(Cc4ccccc4)c23)o1. The second-order valence-electron chi connectivity index (χ2n) is 5.48. The molecular formula is C19H16N2O. The highest BCUT2D eigenvalue weighted by atomic mass is 16.3. The largest absolute Gasteiger partial charge is 0.460 e. The third-order valence-corrected chi connectivity index (χ3v) is 3.89. The molecule has 2 heterocycles. The molecule has 0 spiro atoms. The van der Waals surface area contributed by atoms with E-state index in [1.807, 2.05) is 25.1 Å². The van der Waals surface area contributed by atoms with Gasteiger partial charge in [-0.25, -0.2) is 0 Å². The lowest BCUT2D eigenvalue weighted by Gasteiger charge is -2.05. The minimum absolute atomic E-state index is 0.810. The van der Waals surface area contributed by atoms with Crippen LogP contribution >= 0.6 is 0 Å². The number of hydrogen-bond donors (Lipinski definition) is 1. The van der Waals surface area contributed by atoms with Crippen LogP contribution in [0.2, 0.25) is 0 Å². The summed E-state index contributed by atoms with van der Waals surface area (Å²) in [6.45, 7) is 1.95. The van der Waals surface area contributed by atoms with Crippen LogP contribution in [0.15, 0.2) is 65.1 Å². The third kappa shape index (κ3) is 2.21. The molecule has 3 heteroatoms. The molecule has 0 radical (unpaired) electrons. The summed E-state index contributed by atoms with van der Waals surface area (Å²) in [7, 11) is 0. The smallest absolute Gasteiger partial charge is 0.155 e. The molecule has 4 rings (SSSR count). The Labute approximate surface area is 128 Å². The molecule has 1 N–H and O–H groups in total. The molecule has 0 saturated carbocycles. The summed E-state index contributed by atoms with van der Waals surface area (Å²) in [6.07, 6.45) is 0.879. The van der Waals surface area contributed by atoms with Crippen LogP contribution < -0.4 is 0 Å². The normalized spacial score (nSPS) is 11.1. The Kier molecular flexibility index (Phi) is 3.04. The fourth-order valence-electron chi connectivity index (χ4n) is 2.85. The number of fused-ring (bicyclic) bond motifs is 1. The lowest BCUT2D eigenvalue weighted by atomic mass is 9.99. The number of H-pyrrole nitrogens is 1. The van der Waals surface area contributed by atoms with E-state index >= 15 is 0 Å². The van der Waals surface area contributed by atoms with Gasteiger partial charge in [-0.2, -0.15) is 5.10 Å². The van der Waals surface area contributed by atoms with Crippen molar-refractivity contribution in [1.82, 2.24) is 10.2 Å². The number of hydrogen-bond acceptors (Lipinski definition) is 2. The van der Waals surface area contributed by atoms with Crippen LogP contribution in [0.3, 0.4) is 0 Å². The molecule has 2 aromatic heterocycles. The molecule has 0 amide bonds. The highest BCUT2D eigenvalue weighted by molar-refractivity contribution is 5.94. The molecule has 0 unspecified atom stereocenters. The third-order valence-electron chi connectivity index (χ3n) is 3.89. The van der Waals surface area contributed by atoms with E-state index < -0.39 is 0 Å². The van der Waals surface area contributed by atoms with Crippen molar-refractivity contribution in [2.24, 2.45) is 0 Å². The van der Waals surface area contributed by atoms with Gasteiger partial charge in [-0.3, -0.25) is 5.10 Å². The van der Waals surface area contributed by atoms with Gasteiger partial charge >= 0.3 is 0 Å². The molecule has 108 valence electrons. The van der Waals surface area contributed by atoms with Gasteiger partial charge in [0.15, 0.2) is 5.76 Å². The first-order valence-electron chi connectivity index (χ1n) is 7.38. The average Bonchev–Trinajstić information content (AvgIpc) is 3.15. The van der Waals surface area contributed by atoms with Gasteiger partial charge in [0.05, 0.1) is 5.52 Å². The predicted molar refractivity (Wildman–Crippen MR) is 87.8 cm³/mol. The Morgan fingerprint density at radius 3 is 2.59 bits per heavy atom. The van der Waals surface area contributed by atoms with Crippen LogP contribution in [0.4, 0.5) is 0 Å². The van der Waals surface area contributed by atoms with Crippen molar-refractivity contribution in [2.75, 3.05) is 0 Å². The number of aromatic nitrogens is 2. The predicted octanol–water partition coefficient (Wildman–Crippen LogP) is 4.72. The first kappa shape index (κ1) is 12.9. The number of nitrogens with one attached hydrogen (secondary N) is 1. The van der Waals surface area contributed by atoms with E-state index in [4.69, 9.17) is 4.42 Å². The highest BCUT2D eigenvalue weighted by Crippen LogP contribution is 2.31. The first-order valence-corrected chi connectivity index (χ1v) is 7.38. The molecular weight excluding hydrogens is 272 g/mol. The topological polar surface area (TPSA) is 41.8 Å². The van der Waals surface area contributed by atoms with Crippen LogP contribution in [-0.4, -0.2) is 10.2 Å². The van der Waals surface area contributed by atoms with Crippen LogP contribution in [0.25, 0.3) is 22.4 Å². The van der Waals surface area contributed by atoms with E-state index in [1.165, 1.54) is 11.1 Å². The minimum atomic E-state index is 0.810. The molecule has 0 aliphatic heterocycles. The van der Waals surface area contributed by atoms with Gasteiger partial charge in [0, 0.05) is 5.39 Å². The second kappa shape index (κ2) is 5.19. The average molecular weight is 288 g/mol. The monoisotopic (exact) mass is 288 g/mol. The summed E-state index contributed by atoms with van der Waals surface area (Å²) in [5.74, 6) is 1.70. The number of furan rings is 1. The first-order chi connectivity index (χ1) is 10.8. The zero-order valence-corrected chi connectivity index (χ0v) is 12.3. The van der Waals surface area contributed by atoms with E-state index in [0.29, 0.717) is 0 Å². The maximum Gasteiger partial charge on any atom is 0.155 e. The van der Waals surface area contributed by atoms with Crippen molar-refractivity contribution < 1.29 is 4.42 Å². The van der Waals surface area contributed by atoms with E-state index in [9.17, 15) is 0 Å². The second-order valence-corrected chi connectivity index (χ2v) is 5.48. The number of benzene rings is 2. The fraction of sp³-hybridized carbons (Fsp3) is 0.105. The molecule has 0 aliphatic rings.